The molecule has 0 saturated carbocycles. The van der Waals surface area contributed by atoms with Crippen LogP contribution in [0.1, 0.15) is 27.2 Å². The molecule has 11 heavy (non-hydrogen) atoms. The zero-order chi connectivity index (χ0) is 8.85. The van der Waals surface area contributed by atoms with E-state index >= 15 is 0 Å². The van der Waals surface area contributed by atoms with Gasteiger partial charge in [-0.1, -0.05) is 20.8 Å². The fourth-order valence-electron chi connectivity index (χ4n) is 0.968. The van der Waals surface area contributed by atoms with Gasteiger partial charge in [0.25, 0.3) is 0 Å². The van der Waals surface area contributed by atoms with Crippen LogP contribution >= 0.6 is 0 Å². The summed E-state index contributed by atoms with van der Waals surface area (Å²) in [4.78, 5) is 6.42. The average molecular weight is 156 g/mol. The largest absolute Gasteiger partial charge is 0.369 e. The molecule has 1 atom stereocenters. The smallest absolute Gasteiger partial charge is 0.0848 e. The maximum atomic E-state index is 4.44. The van der Waals surface area contributed by atoms with Gasteiger partial charge in [0.2, 0.25) is 0 Å². The van der Waals surface area contributed by atoms with E-state index in [9.17, 15) is 0 Å². The molecule has 0 saturated heterocycles. The summed E-state index contributed by atoms with van der Waals surface area (Å²) in [6.45, 7) is 6.60. The minimum absolute atomic E-state index is 0.484. The van der Waals surface area contributed by atoms with Crippen LogP contribution in [-0.4, -0.2) is 31.4 Å². The third-order valence-corrected chi connectivity index (χ3v) is 1.68. The molecule has 0 aliphatic carbocycles. The van der Waals surface area contributed by atoms with Crippen molar-refractivity contribution in [1.29, 1.82) is 0 Å². The Hall–Kier alpha value is -0.530. The SMILES string of the molecule is CCC(N=CN(C)C)C(C)C. The van der Waals surface area contributed by atoms with Gasteiger partial charge < -0.3 is 4.90 Å². The molecule has 0 aliphatic rings. The van der Waals surface area contributed by atoms with Crippen molar-refractivity contribution in [2.24, 2.45) is 10.9 Å². The van der Waals surface area contributed by atoms with Gasteiger partial charge in [-0.05, 0) is 12.3 Å². The molecule has 0 rings (SSSR count). The molecular formula is C9H20N2. The van der Waals surface area contributed by atoms with Crippen molar-refractivity contribution in [1.82, 2.24) is 4.90 Å². The molecule has 0 aromatic heterocycles. The molecule has 1 unspecified atom stereocenters. The average Bonchev–Trinajstić information content (AvgIpc) is 1.87. The van der Waals surface area contributed by atoms with Crippen LogP contribution in [0.2, 0.25) is 0 Å². The van der Waals surface area contributed by atoms with Crippen LogP contribution in [0.15, 0.2) is 4.99 Å². The van der Waals surface area contributed by atoms with E-state index in [2.05, 4.69) is 25.8 Å². The molecule has 0 aromatic carbocycles. The Balaban J connectivity index is 3.87. The van der Waals surface area contributed by atoms with Crippen molar-refractivity contribution in [3.05, 3.63) is 0 Å². The van der Waals surface area contributed by atoms with Gasteiger partial charge in [-0.15, -0.1) is 0 Å². The van der Waals surface area contributed by atoms with E-state index in [0.717, 1.165) is 6.42 Å². The first-order valence-electron chi connectivity index (χ1n) is 4.27. The van der Waals surface area contributed by atoms with Gasteiger partial charge >= 0.3 is 0 Å². The molecule has 66 valence electrons. The second-order valence-corrected chi connectivity index (χ2v) is 3.45. The Morgan fingerprint density at radius 2 is 1.91 bits per heavy atom. The summed E-state index contributed by atoms with van der Waals surface area (Å²) in [5, 5.41) is 0. The normalized spacial score (nSPS) is 14.4. The van der Waals surface area contributed by atoms with Gasteiger partial charge in [0, 0.05) is 14.1 Å². The number of aliphatic imine (C=N–C) groups is 1. The van der Waals surface area contributed by atoms with E-state index in [1.165, 1.54) is 0 Å². The molecule has 0 fully saturated rings. The van der Waals surface area contributed by atoms with E-state index in [4.69, 9.17) is 0 Å². The molecular weight excluding hydrogens is 136 g/mol. The topological polar surface area (TPSA) is 15.6 Å². The summed E-state index contributed by atoms with van der Waals surface area (Å²) in [6, 6.07) is 0.484. The monoisotopic (exact) mass is 156 g/mol. The van der Waals surface area contributed by atoms with Gasteiger partial charge in [-0.25, -0.2) is 0 Å². The highest BCUT2D eigenvalue weighted by molar-refractivity contribution is 5.54. The van der Waals surface area contributed by atoms with Gasteiger partial charge in [-0.3, -0.25) is 4.99 Å². The summed E-state index contributed by atoms with van der Waals surface area (Å²) in [6.07, 6.45) is 3.02. The fraction of sp³-hybridized carbons (Fsp3) is 0.889. The van der Waals surface area contributed by atoms with Crippen LogP contribution in [0.25, 0.3) is 0 Å². The summed E-state index contributed by atoms with van der Waals surface area (Å²) >= 11 is 0. The Bertz CT molecular complexity index is 117. The molecule has 0 aromatic rings. The van der Waals surface area contributed by atoms with Gasteiger partial charge in [0.1, 0.15) is 0 Å². The first-order chi connectivity index (χ1) is 5.07. The van der Waals surface area contributed by atoms with Crippen LogP contribution in [-0.2, 0) is 0 Å². The molecule has 0 aliphatic heterocycles. The highest BCUT2D eigenvalue weighted by atomic mass is 15.1. The van der Waals surface area contributed by atoms with E-state index in [-0.39, 0.29) is 0 Å². The number of nitrogens with zero attached hydrogens (tertiary/aromatic N) is 2. The predicted octanol–water partition coefficient (Wildman–Crippen LogP) is 2.01. The number of rotatable bonds is 4. The van der Waals surface area contributed by atoms with Crippen LogP contribution in [0, 0.1) is 5.92 Å². The number of hydrogen-bond acceptors (Lipinski definition) is 1. The van der Waals surface area contributed by atoms with Crippen molar-refractivity contribution in [3.8, 4) is 0 Å². The minimum Gasteiger partial charge on any atom is -0.369 e. The van der Waals surface area contributed by atoms with Crippen molar-refractivity contribution in [3.63, 3.8) is 0 Å². The Morgan fingerprint density at radius 3 is 2.18 bits per heavy atom. The third-order valence-electron chi connectivity index (χ3n) is 1.68. The maximum absolute atomic E-state index is 4.44. The van der Waals surface area contributed by atoms with Crippen LogP contribution < -0.4 is 0 Å². The highest BCUT2D eigenvalue weighted by Crippen LogP contribution is 2.08. The Kier molecular flexibility index (Phi) is 4.92. The molecule has 2 heteroatoms. The highest BCUT2D eigenvalue weighted by Gasteiger charge is 2.06. The fourth-order valence-corrected chi connectivity index (χ4v) is 0.968. The van der Waals surface area contributed by atoms with Crippen LogP contribution in [0.3, 0.4) is 0 Å². The second kappa shape index (κ2) is 5.16. The van der Waals surface area contributed by atoms with Crippen molar-refractivity contribution in [2.45, 2.75) is 33.2 Å². The lowest BCUT2D eigenvalue weighted by molar-refractivity contribution is 0.477. The second-order valence-electron chi connectivity index (χ2n) is 3.45. The Morgan fingerprint density at radius 1 is 1.36 bits per heavy atom. The van der Waals surface area contributed by atoms with Crippen LogP contribution in [0.4, 0.5) is 0 Å². The molecule has 0 spiro atoms. The van der Waals surface area contributed by atoms with E-state index in [1.54, 1.807) is 0 Å². The molecule has 0 heterocycles. The zero-order valence-corrected chi connectivity index (χ0v) is 8.33. The molecule has 0 bridgehead atoms. The van der Waals surface area contributed by atoms with Crippen molar-refractivity contribution in [2.75, 3.05) is 14.1 Å². The van der Waals surface area contributed by atoms with E-state index in [0.29, 0.717) is 12.0 Å². The molecule has 0 radical (unpaired) electrons. The lowest BCUT2D eigenvalue weighted by Gasteiger charge is -2.14. The van der Waals surface area contributed by atoms with Gasteiger partial charge in [-0.2, -0.15) is 0 Å². The lowest BCUT2D eigenvalue weighted by Crippen LogP contribution is -2.15. The van der Waals surface area contributed by atoms with Gasteiger partial charge in [0.15, 0.2) is 0 Å². The van der Waals surface area contributed by atoms with Crippen molar-refractivity contribution < 1.29 is 0 Å². The van der Waals surface area contributed by atoms with E-state index in [1.807, 2.05) is 25.3 Å². The molecule has 0 N–H and O–H groups in total. The zero-order valence-electron chi connectivity index (χ0n) is 8.33. The van der Waals surface area contributed by atoms with E-state index < -0.39 is 0 Å². The van der Waals surface area contributed by atoms with Crippen molar-refractivity contribution >= 4 is 6.34 Å². The molecule has 2 nitrogen and oxygen atoms in total. The molecule has 0 amide bonds. The minimum atomic E-state index is 0.484. The first-order valence-corrected chi connectivity index (χ1v) is 4.27. The third kappa shape index (κ3) is 4.82. The maximum Gasteiger partial charge on any atom is 0.0848 e. The Labute approximate surface area is 70.3 Å². The predicted molar refractivity (Wildman–Crippen MR) is 51.1 cm³/mol. The van der Waals surface area contributed by atoms with Gasteiger partial charge in [0.05, 0.1) is 12.4 Å². The summed E-state index contributed by atoms with van der Waals surface area (Å²) in [7, 11) is 3.99. The quantitative estimate of drug-likeness (QED) is 0.449. The standard InChI is InChI=1S/C9H20N2/c1-6-9(8(2)3)10-7-11(4)5/h7-9H,6H2,1-5H3. The summed E-state index contributed by atoms with van der Waals surface area (Å²) in [5.41, 5.74) is 0. The first kappa shape index (κ1) is 10.5. The number of hydrogen-bond donors (Lipinski definition) is 0. The summed E-state index contributed by atoms with van der Waals surface area (Å²) < 4.78 is 0. The van der Waals surface area contributed by atoms with Crippen LogP contribution in [0.5, 0.6) is 0 Å². The summed E-state index contributed by atoms with van der Waals surface area (Å²) in [5.74, 6) is 0.649. The lowest BCUT2D eigenvalue weighted by atomic mass is 10.0.